The molecular formula is C8H9Cl2F. The molecule has 0 rings (SSSR count). The minimum Gasteiger partial charge on any atom is -0.246 e. The first-order chi connectivity index (χ1) is 5.07. The summed E-state index contributed by atoms with van der Waals surface area (Å²) in [6.07, 6.45) is 3.04. The summed E-state index contributed by atoms with van der Waals surface area (Å²) in [5.74, 6) is 0. The molecule has 62 valence electrons. The zero-order chi connectivity index (χ0) is 8.85. The molecule has 0 heterocycles. The summed E-state index contributed by atoms with van der Waals surface area (Å²) in [6, 6.07) is 0. The van der Waals surface area contributed by atoms with Crippen LogP contribution in [0.1, 0.15) is 6.92 Å². The van der Waals surface area contributed by atoms with E-state index in [0.29, 0.717) is 15.6 Å². The van der Waals surface area contributed by atoms with Crippen molar-refractivity contribution in [2.24, 2.45) is 0 Å². The van der Waals surface area contributed by atoms with Crippen molar-refractivity contribution in [3.63, 3.8) is 0 Å². The normalized spacial score (nSPS) is 13.5. The molecule has 0 atom stereocenters. The topological polar surface area (TPSA) is 0 Å². The second-order valence-electron chi connectivity index (χ2n) is 2.04. The fourth-order valence-electron chi connectivity index (χ4n) is 0.370. The predicted molar refractivity (Wildman–Crippen MR) is 48.7 cm³/mol. The Morgan fingerprint density at radius 3 is 2.36 bits per heavy atom. The van der Waals surface area contributed by atoms with Crippen LogP contribution in [0.3, 0.4) is 0 Å². The van der Waals surface area contributed by atoms with Crippen molar-refractivity contribution in [3.8, 4) is 0 Å². The number of halogens is 3. The molecule has 0 spiro atoms. The SMILES string of the molecule is C=C(Cl)/C=C\C(Cl)=C(\C)CF. The smallest absolute Gasteiger partial charge is 0.112 e. The second kappa shape index (κ2) is 5.39. The zero-order valence-corrected chi connectivity index (χ0v) is 7.71. The van der Waals surface area contributed by atoms with E-state index in [1.165, 1.54) is 12.2 Å². The van der Waals surface area contributed by atoms with Gasteiger partial charge in [-0.25, -0.2) is 4.39 Å². The Bertz CT molecular complexity index is 204. The Morgan fingerprint density at radius 1 is 1.45 bits per heavy atom. The van der Waals surface area contributed by atoms with Crippen LogP contribution in [0.5, 0.6) is 0 Å². The standard InChI is InChI=1S/C8H9Cl2F/c1-6(5-11)8(10)4-3-7(2)9/h3-4H,2,5H2,1H3/b4-3-,8-6+. The number of hydrogen-bond acceptors (Lipinski definition) is 0. The van der Waals surface area contributed by atoms with E-state index < -0.39 is 6.67 Å². The van der Waals surface area contributed by atoms with Gasteiger partial charge in [-0.05, 0) is 24.6 Å². The highest BCUT2D eigenvalue weighted by atomic mass is 35.5. The second-order valence-corrected chi connectivity index (χ2v) is 2.93. The van der Waals surface area contributed by atoms with Gasteiger partial charge >= 0.3 is 0 Å². The largest absolute Gasteiger partial charge is 0.246 e. The van der Waals surface area contributed by atoms with Crippen molar-refractivity contribution in [1.29, 1.82) is 0 Å². The first kappa shape index (κ1) is 10.7. The molecule has 0 aromatic carbocycles. The summed E-state index contributed by atoms with van der Waals surface area (Å²) in [7, 11) is 0. The van der Waals surface area contributed by atoms with Crippen LogP contribution < -0.4 is 0 Å². The van der Waals surface area contributed by atoms with Crippen LogP contribution in [0, 0.1) is 0 Å². The Morgan fingerprint density at radius 2 is 2.00 bits per heavy atom. The maximum Gasteiger partial charge on any atom is 0.112 e. The van der Waals surface area contributed by atoms with Crippen LogP contribution >= 0.6 is 23.2 Å². The highest BCUT2D eigenvalue weighted by molar-refractivity contribution is 6.33. The lowest BCUT2D eigenvalue weighted by Crippen LogP contribution is -1.79. The van der Waals surface area contributed by atoms with E-state index in [1.807, 2.05) is 0 Å². The molecule has 0 fully saturated rings. The van der Waals surface area contributed by atoms with Crippen LogP contribution in [-0.2, 0) is 0 Å². The van der Waals surface area contributed by atoms with Crippen LogP contribution in [0.2, 0.25) is 0 Å². The van der Waals surface area contributed by atoms with Crippen molar-refractivity contribution in [3.05, 3.63) is 34.4 Å². The van der Waals surface area contributed by atoms with E-state index in [1.54, 1.807) is 6.92 Å². The molecule has 0 aliphatic heterocycles. The van der Waals surface area contributed by atoms with Crippen molar-refractivity contribution >= 4 is 23.2 Å². The van der Waals surface area contributed by atoms with E-state index in [-0.39, 0.29) is 0 Å². The Hall–Kier alpha value is -0.270. The molecule has 0 radical (unpaired) electrons. The van der Waals surface area contributed by atoms with E-state index >= 15 is 0 Å². The van der Waals surface area contributed by atoms with E-state index in [0.717, 1.165) is 0 Å². The third kappa shape index (κ3) is 5.05. The highest BCUT2D eigenvalue weighted by Gasteiger charge is 1.93. The average Bonchev–Trinajstić information content (AvgIpc) is 1.98. The fourth-order valence-corrected chi connectivity index (χ4v) is 0.546. The lowest BCUT2D eigenvalue weighted by Gasteiger charge is -1.93. The molecule has 0 unspecified atom stereocenters. The molecule has 0 nitrogen and oxygen atoms in total. The van der Waals surface area contributed by atoms with E-state index in [2.05, 4.69) is 6.58 Å². The van der Waals surface area contributed by atoms with Gasteiger partial charge in [0, 0.05) is 10.1 Å². The first-order valence-electron chi connectivity index (χ1n) is 3.01. The number of hydrogen-bond donors (Lipinski definition) is 0. The monoisotopic (exact) mass is 194 g/mol. The van der Waals surface area contributed by atoms with Gasteiger partial charge in [-0.1, -0.05) is 29.8 Å². The van der Waals surface area contributed by atoms with Gasteiger partial charge in [-0.2, -0.15) is 0 Å². The molecule has 0 aromatic rings. The minimum atomic E-state index is -0.544. The van der Waals surface area contributed by atoms with Crippen LogP contribution in [-0.4, -0.2) is 6.67 Å². The zero-order valence-electron chi connectivity index (χ0n) is 6.20. The minimum absolute atomic E-state index is 0.370. The van der Waals surface area contributed by atoms with E-state index in [4.69, 9.17) is 23.2 Å². The van der Waals surface area contributed by atoms with Gasteiger partial charge in [-0.15, -0.1) is 0 Å². The molecule has 0 amide bonds. The molecule has 0 N–H and O–H groups in total. The number of allylic oxidation sites excluding steroid dienone is 5. The molecule has 0 aromatic heterocycles. The summed E-state index contributed by atoms with van der Waals surface area (Å²) in [5.41, 5.74) is 0.487. The predicted octanol–water partition coefficient (Wildman–Crippen LogP) is 3.78. The fraction of sp³-hybridized carbons (Fsp3) is 0.250. The van der Waals surface area contributed by atoms with E-state index in [9.17, 15) is 4.39 Å². The highest BCUT2D eigenvalue weighted by Crippen LogP contribution is 2.12. The lowest BCUT2D eigenvalue weighted by atomic mass is 10.3. The third-order valence-corrected chi connectivity index (χ3v) is 1.59. The first-order valence-corrected chi connectivity index (χ1v) is 3.77. The van der Waals surface area contributed by atoms with Gasteiger partial charge in [0.2, 0.25) is 0 Å². The summed E-state index contributed by atoms with van der Waals surface area (Å²) in [5, 5.41) is 0.740. The maximum absolute atomic E-state index is 11.9. The molecule has 0 aliphatic carbocycles. The van der Waals surface area contributed by atoms with Gasteiger partial charge in [-0.3, -0.25) is 0 Å². The number of alkyl halides is 1. The van der Waals surface area contributed by atoms with Crippen molar-refractivity contribution in [2.75, 3.05) is 6.67 Å². The van der Waals surface area contributed by atoms with Crippen molar-refractivity contribution in [2.45, 2.75) is 6.92 Å². The van der Waals surface area contributed by atoms with Crippen LogP contribution in [0.25, 0.3) is 0 Å². The summed E-state index contributed by atoms with van der Waals surface area (Å²) < 4.78 is 11.9. The maximum atomic E-state index is 11.9. The summed E-state index contributed by atoms with van der Waals surface area (Å²) >= 11 is 11.0. The molecule has 0 saturated heterocycles. The lowest BCUT2D eigenvalue weighted by molar-refractivity contribution is 0.542. The Balaban J connectivity index is 4.26. The quantitative estimate of drug-likeness (QED) is 0.601. The average molecular weight is 195 g/mol. The molecule has 0 bridgehead atoms. The van der Waals surface area contributed by atoms with Gasteiger partial charge in [0.15, 0.2) is 0 Å². The summed E-state index contributed by atoms with van der Waals surface area (Å²) in [6.45, 7) is 4.49. The molecule has 0 saturated carbocycles. The molecule has 11 heavy (non-hydrogen) atoms. The summed E-state index contributed by atoms with van der Waals surface area (Å²) in [4.78, 5) is 0. The van der Waals surface area contributed by atoms with Gasteiger partial charge in [0.25, 0.3) is 0 Å². The molecular weight excluding hydrogens is 186 g/mol. The van der Waals surface area contributed by atoms with Crippen molar-refractivity contribution < 1.29 is 4.39 Å². The van der Waals surface area contributed by atoms with Crippen LogP contribution in [0.15, 0.2) is 34.4 Å². The third-order valence-electron chi connectivity index (χ3n) is 1.02. The number of rotatable bonds is 3. The molecule has 3 heteroatoms. The van der Waals surface area contributed by atoms with Gasteiger partial charge in [0.1, 0.15) is 6.67 Å². The molecule has 0 aliphatic rings. The van der Waals surface area contributed by atoms with Gasteiger partial charge in [0.05, 0.1) is 0 Å². The van der Waals surface area contributed by atoms with Crippen LogP contribution in [0.4, 0.5) is 4.39 Å². The van der Waals surface area contributed by atoms with Gasteiger partial charge < -0.3 is 0 Å². The Labute approximate surface area is 76.0 Å². The van der Waals surface area contributed by atoms with Crippen molar-refractivity contribution in [1.82, 2.24) is 0 Å². The Kier molecular flexibility index (Phi) is 5.26.